The van der Waals surface area contributed by atoms with E-state index in [0.717, 1.165) is 6.42 Å². The molecule has 0 fully saturated rings. The second-order valence-electron chi connectivity index (χ2n) is 5.18. The molecule has 0 aliphatic heterocycles. The van der Waals surface area contributed by atoms with Crippen LogP contribution >= 0.6 is 0 Å². The third kappa shape index (κ3) is 6.34. The average Bonchev–Trinajstić information content (AvgIpc) is 2.36. The molecule has 0 spiro atoms. The van der Waals surface area contributed by atoms with Crippen LogP contribution < -0.4 is 0 Å². The fourth-order valence-electron chi connectivity index (χ4n) is 1.94. The Kier molecular flexibility index (Phi) is 9.29. The second kappa shape index (κ2) is 9.49. The number of rotatable bonds is 11. The molecular formula is C14H30O5Si. The van der Waals surface area contributed by atoms with Crippen LogP contribution in [0.1, 0.15) is 48.0 Å². The van der Waals surface area contributed by atoms with Gasteiger partial charge in [0.05, 0.1) is 12.0 Å². The Balaban J connectivity index is 4.95. The second-order valence-corrected chi connectivity index (χ2v) is 7.76. The Morgan fingerprint density at radius 1 is 0.950 bits per heavy atom. The molecule has 5 nitrogen and oxygen atoms in total. The zero-order valence-electron chi connectivity index (χ0n) is 13.8. The van der Waals surface area contributed by atoms with E-state index in [-0.39, 0.29) is 5.97 Å². The third-order valence-corrected chi connectivity index (χ3v) is 6.24. The minimum absolute atomic E-state index is 0.227. The number of hydrogen-bond acceptors (Lipinski definition) is 5. The third-order valence-electron chi connectivity index (χ3n) is 2.74. The minimum atomic E-state index is -2.83. The molecular weight excluding hydrogens is 276 g/mol. The monoisotopic (exact) mass is 306 g/mol. The van der Waals surface area contributed by atoms with Crippen LogP contribution in [-0.4, -0.2) is 41.2 Å². The molecule has 0 saturated heterocycles. The van der Waals surface area contributed by atoms with Crippen LogP contribution in [0, 0.1) is 5.41 Å². The highest BCUT2D eigenvalue weighted by Crippen LogP contribution is 2.32. The van der Waals surface area contributed by atoms with E-state index in [1.807, 2.05) is 41.5 Å². The predicted octanol–water partition coefficient (Wildman–Crippen LogP) is 3.01. The van der Waals surface area contributed by atoms with Gasteiger partial charge in [-0.1, -0.05) is 6.92 Å². The first-order valence-electron chi connectivity index (χ1n) is 7.46. The number of esters is 1. The summed E-state index contributed by atoms with van der Waals surface area (Å²) in [6.45, 7) is 13.3. The predicted molar refractivity (Wildman–Crippen MR) is 80.5 cm³/mol. The molecule has 0 rings (SSSR count). The first-order valence-corrected chi connectivity index (χ1v) is 9.39. The topological polar surface area (TPSA) is 54.0 Å². The lowest BCUT2D eigenvalue weighted by Gasteiger charge is -2.34. The Morgan fingerprint density at radius 3 is 1.75 bits per heavy atom. The molecule has 0 atom stereocenters. The van der Waals surface area contributed by atoms with Gasteiger partial charge >= 0.3 is 14.8 Å². The van der Waals surface area contributed by atoms with Gasteiger partial charge in [0.2, 0.25) is 0 Å². The lowest BCUT2D eigenvalue weighted by Crippen LogP contribution is -2.50. The molecule has 0 aromatic heterocycles. The summed E-state index contributed by atoms with van der Waals surface area (Å²) in [5, 5.41) is 0. The van der Waals surface area contributed by atoms with Gasteiger partial charge in [0.1, 0.15) is 0 Å². The van der Waals surface area contributed by atoms with Crippen LogP contribution in [0.5, 0.6) is 0 Å². The molecule has 0 aliphatic carbocycles. The molecule has 0 bridgehead atoms. The average molecular weight is 306 g/mol. The molecule has 0 aromatic carbocycles. The lowest BCUT2D eigenvalue weighted by atomic mass is 9.97. The Labute approximate surface area is 124 Å². The molecule has 6 heteroatoms. The van der Waals surface area contributed by atoms with Crippen molar-refractivity contribution in [1.29, 1.82) is 0 Å². The maximum absolute atomic E-state index is 12.1. The summed E-state index contributed by atoms with van der Waals surface area (Å²) in [4.78, 5) is 12.1. The van der Waals surface area contributed by atoms with E-state index in [1.54, 1.807) is 0 Å². The van der Waals surface area contributed by atoms with Crippen molar-refractivity contribution < 1.29 is 22.8 Å². The first kappa shape index (κ1) is 19.6. The molecule has 0 unspecified atom stereocenters. The van der Waals surface area contributed by atoms with Gasteiger partial charge in [-0.3, -0.25) is 4.79 Å². The number of carbonyl (C=O) groups is 1. The van der Waals surface area contributed by atoms with Gasteiger partial charge in [0, 0.05) is 25.9 Å². The maximum Gasteiger partial charge on any atom is 0.502 e. The van der Waals surface area contributed by atoms with Crippen LogP contribution in [-0.2, 0) is 22.8 Å². The van der Waals surface area contributed by atoms with Gasteiger partial charge < -0.3 is 18.0 Å². The summed E-state index contributed by atoms with van der Waals surface area (Å²) in [6.07, 6.45) is 0.812. The van der Waals surface area contributed by atoms with Gasteiger partial charge in [0.15, 0.2) is 0 Å². The van der Waals surface area contributed by atoms with E-state index in [4.69, 9.17) is 18.0 Å². The molecule has 0 radical (unpaired) electrons. The van der Waals surface area contributed by atoms with E-state index in [1.165, 1.54) is 0 Å². The fourth-order valence-corrected chi connectivity index (χ4v) is 5.04. The van der Waals surface area contributed by atoms with Crippen molar-refractivity contribution >= 4 is 14.8 Å². The summed E-state index contributed by atoms with van der Waals surface area (Å²) in [6, 6.07) is 0.429. The van der Waals surface area contributed by atoms with Gasteiger partial charge in [0.25, 0.3) is 0 Å². The van der Waals surface area contributed by atoms with Crippen molar-refractivity contribution in [3.05, 3.63) is 0 Å². The van der Waals surface area contributed by atoms with Gasteiger partial charge in [-0.2, -0.15) is 0 Å². The van der Waals surface area contributed by atoms with E-state index in [0.29, 0.717) is 32.5 Å². The molecule has 0 aliphatic rings. The summed E-state index contributed by atoms with van der Waals surface area (Å²) in [5.41, 5.74) is -0.680. The van der Waals surface area contributed by atoms with Crippen LogP contribution in [0.4, 0.5) is 0 Å². The normalized spacial score (nSPS) is 12.5. The summed E-state index contributed by atoms with van der Waals surface area (Å²) < 4.78 is 22.6. The SMILES string of the molecule is CCCOC(=O)C(C)(C)C[Si](OCC)(OCC)OCC. The van der Waals surface area contributed by atoms with E-state index in [2.05, 4.69) is 0 Å². The Morgan fingerprint density at radius 2 is 1.40 bits per heavy atom. The molecule has 20 heavy (non-hydrogen) atoms. The van der Waals surface area contributed by atoms with E-state index in [9.17, 15) is 4.79 Å². The molecule has 0 saturated carbocycles. The highest BCUT2D eigenvalue weighted by Gasteiger charge is 2.48. The highest BCUT2D eigenvalue weighted by atomic mass is 28.4. The van der Waals surface area contributed by atoms with Crippen molar-refractivity contribution in [2.24, 2.45) is 5.41 Å². The highest BCUT2D eigenvalue weighted by molar-refractivity contribution is 6.61. The largest absolute Gasteiger partial charge is 0.502 e. The van der Waals surface area contributed by atoms with Crippen LogP contribution in [0.3, 0.4) is 0 Å². The lowest BCUT2D eigenvalue weighted by molar-refractivity contribution is -0.153. The molecule has 0 aromatic rings. The van der Waals surface area contributed by atoms with Gasteiger partial charge in [-0.05, 0) is 41.0 Å². The first-order chi connectivity index (χ1) is 9.37. The van der Waals surface area contributed by atoms with Crippen molar-refractivity contribution in [2.45, 2.75) is 54.0 Å². The van der Waals surface area contributed by atoms with Crippen molar-refractivity contribution in [1.82, 2.24) is 0 Å². The van der Waals surface area contributed by atoms with Crippen LogP contribution in [0.25, 0.3) is 0 Å². The standard InChI is InChI=1S/C14H30O5Si/c1-7-11-16-13(15)14(5,6)12-20(17-8-2,18-9-3)19-10-4/h7-12H2,1-6H3. The van der Waals surface area contributed by atoms with Crippen LogP contribution in [0.2, 0.25) is 6.04 Å². The van der Waals surface area contributed by atoms with Gasteiger partial charge in [-0.15, -0.1) is 0 Å². The number of ether oxygens (including phenoxy) is 1. The maximum atomic E-state index is 12.1. The van der Waals surface area contributed by atoms with E-state index >= 15 is 0 Å². The number of carbonyl (C=O) groups excluding carboxylic acids is 1. The van der Waals surface area contributed by atoms with Crippen LogP contribution in [0.15, 0.2) is 0 Å². The molecule has 0 amide bonds. The van der Waals surface area contributed by atoms with E-state index < -0.39 is 14.2 Å². The molecule has 0 heterocycles. The fraction of sp³-hybridized carbons (Fsp3) is 0.929. The summed E-state index contributed by atoms with van der Waals surface area (Å²) >= 11 is 0. The molecule has 120 valence electrons. The van der Waals surface area contributed by atoms with Crippen molar-refractivity contribution in [2.75, 3.05) is 26.4 Å². The number of hydrogen-bond donors (Lipinski definition) is 0. The molecule has 0 N–H and O–H groups in total. The smallest absolute Gasteiger partial charge is 0.465 e. The van der Waals surface area contributed by atoms with Crippen molar-refractivity contribution in [3.8, 4) is 0 Å². The zero-order valence-corrected chi connectivity index (χ0v) is 14.8. The Hall–Kier alpha value is -0.433. The minimum Gasteiger partial charge on any atom is -0.465 e. The Bertz CT molecular complexity index is 264. The summed E-state index contributed by atoms with van der Waals surface area (Å²) in [7, 11) is -2.83. The van der Waals surface area contributed by atoms with Gasteiger partial charge in [-0.25, -0.2) is 0 Å². The van der Waals surface area contributed by atoms with Crippen molar-refractivity contribution in [3.63, 3.8) is 0 Å². The summed E-state index contributed by atoms with van der Waals surface area (Å²) in [5.74, 6) is -0.227. The zero-order chi connectivity index (χ0) is 15.6. The quantitative estimate of drug-likeness (QED) is 0.434.